The Labute approximate surface area is 118 Å². The largest absolute Gasteiger partial charge is 0.379 e. The third kappa shape index (κ3) is 4.77. The molecule has 0 spiro atoms. The third-order valence-electron chi connectivity index (χ3n) is 2.87. The second-order valence-electron chi connectivity index (χ2n) is 5.57. The van der Waals surface area contributed by atoms with Crippen LogP contribution in [-0.2, 0) is 4.74 Å². The molecular formula is C14H21F2N3O. The number of benzene rings is 1. The highest BCUT2D eigenvalue weighted by molar-refractivity contribution is 5.92. The van der Waals surface area contributed by atoms with Crippen molar-refractivity contribution in [1.82, 2.24) is 0 Å². The van der Waals surface area contributed by atoms with Gasteiger partial charge in [0, 0.05) is 13.2 Å². The first-order valence-electron chi connectivity index (χ1n) is 6.29. The number of nitrogens with zero attached hydrogens (tertiary/aromatic N) is 1. The molecule has 0 heterocycles. The number of aliphatic imine (C=N–C) groups is 1. The summed E-state index contributed by atoms with van der Waals surface area (Å²) in [5, 5.41) is 2.54. The molecule has 0 aliphatic heterocycles. The topological polar surface area (TPSA) is 59.6 Å². The molecular weight excluding hydrogens is 264 g/mol. The standard InChI is InChI=1S/C14H21F2N3O/c1-14(2,3)12(20-4)8-18-13(17)19-11-7-9(15)5-6-10(11)16/h5-7,12H,8H2,1-4H3,(H3,17,18,19). The first kappa shape index (κ1) is 16.4. The highest BCUT2D eigenvalue weighted by Gasteiger charge is 2.23. The number of halogens is 2. The second-order valence-corrected chi connectivity index (χ2v) is 5.57. The van der Waals surface area contributed by atoms with Crippen molar-refractivity contribution in [3.8, 4) is 0 Å². The van der Waals surface area contributed by atoms with Crippen LogP contribution in [0.1, 0.15) is 20.8 Å². The van der Waals surface area contributed by atoms with E-state index >= 15 is 0 Å². The van der Waals surface area contributed by atoms with Crippen molar-refractivity contribution >= 4 is 11.6 Å². The average molecular weight is 285 g/mol. The summed E-state index contributed by atoms with van der Waals surface area (Å²) in [4.78, 5) is 4.10. The van der Waals surface area contributed by atoms with Gasteiger partial charge in [-0.15, -0.1) is 0 Å². The summed E-state index contributed by atoms with van der Waals surface area (Å²) in [6.07, 6.45) is -0.125. The summed E-state index contributed by atoms with van der Waals surface area (Å²) in [7, 11) is 1.60. The van der Waals surface area contributed by atoms with Crippen LogP contribution in [0.2, 0.25) is 0 Å². The van der Waals surface area contributed by atoms with Gasteiger partial charge in [-0.1, -0.05) is 20.8 Å². The fourth-order valence-corrected chi connectivity index (χ4v) is 1.65. The summed E-state index contributed by atoms with van der Waals surface area (Å²) in [5.74, 6) is -1.13. The van der Waals surface area contributed by atoms with Crippen molar-refractivity contribution in [2.45, 2.75) is 26.9 Å². The molecule has 0 saturated heterocycles. The fraction of sp³-hybridized carbons (Fsp3) is 0.500. The Kier molecular flexibility index (Phi) is 5.44. The molecule has 3 N–H and O–H groups in total. The van der Waals surface area contributed by atoms with Gasteiger partial charge in [-0.3, -0.25) is 4.99 Å². The highest BCUT2D eigenvalue weighted by atomic mass is 19.1. The zero-order valence-corrected chi connectivity index (χ0v) is 12.2. The summed E-state index contributed by atoms with van der Waals surface area (Å²) >= 11 is 0. The van der Waals surface area contributed by atoms with Crippen LogP contribution >= 0.6 is 0 Å². The molecule has 0 amide bonds. The van der Waals surface area contributed by atoms with Crippen LogP contribution in [0.5, 0.6) is 0 Å². The maximum absolute atomic E-state index is 13.4. The number of nitrogens with one attached hydrogen (secondary N) is 1. The summed E-state index contributed by atoms with van der Waals surface area (Å²) in [5.41, 5.74) is 5.53. The molecule has 1 atom stereocenters. The molecule has 0 aromatic heterocycles. The molecule has 4 nitrogen and oxygen atoms in total. The maximum atomic E-state index is 13.4. The van der Waals surface area contributed by atoms with E-state index in [1.165, 1.54) is 0 Å². The normalized spacial score (nSPS) is 14.2. The van der Waals surface area contributed by atoms with Crippen molar-refractivity contribution in [3.63, 3.8) is 0 Å². The van der Waals surface area contributed by atoms with Gasteiger partial charge in [0.15, 0.2) is 5.96 Å². The quantitative estimate of drug-likeness (QED) is 0.660. The summed E-state index contributed by atoms with van der Waals surface area (Å²) in [6, 6.07) is 3.09. The van der Waals surface area contributed by atoms with Crippen molar-refractivity contribution in [2.24, 2.45) is 16.1 Å². The van der Waals surface area contributed by atoms with E-state index in [4.69, 9.17) is 10.5 Å². The first-order chi connectivity index (χ1) is 9.24. The molecule has 112 valence electrons. The lowest BCUT2D eigenvalue weighted by Gasteiger charge is -2.27. The Balaban J connectivity index is 2.73. The highest BCUT2D eigenvalue weighted by Crippen LogP contribution is 2.22. The van der Waals surface area contributed by atoms with E-state index in [2.05, 4.69) is 10.3 Å². The van der Waals surface area contributed by atoms with E-state index in [1.54, 1.807) is 7.11 Å². The lowest BCUT2D eigenvalue weighted by molar-refractivity contribution is 0.0242. The van der Waals surface area contributed by atoms with Crippen LogP contribution in [0.4, 0.5) is 14.5 Å². The van der Waals surface area contributed by atoms with Crippen LogP contribution < -0.4 is 11.1 Å². The molecule has 1 aromatic carbocycles. The number of rotatable bonds is 4. The number of hydrogen-bond donors (Lipinski definition) is 2. The number of guanidine groups is 1. The summed E-state index contributed by atoms with van der Waals surface area (Å²) < 4.78 is 31.8. The van der Waals surface area contributed by atoms with Crippen molar-refractivity contribution in [2.75, 3.05) is 19.0 Å². The van der Waals surface area contributed by atoms with Gasteiger partial charge in [0.1, 0.15) is 11.6 Å². The molecule has 20 heavy (non-hydrogen) atoms. The Morgan fingerprint density at radius 3 is 2.60 bits per heavy atom. The minimum atomic E-state index is -0.594. The SMILES string of the molecule is COC(CN=C(N)Nc1cc(F)ccc1F)C(C)(C)C. The average Bonchev–Trinajstić information content (AvgIpc) is 2.33. The number of anilines is 1. The van der Waals surface area contributed by atoms with Crippen molar-refractivity contribution in [1.29, 1.82) is 0 Å². The molecule has 0 saturated carbocycles. The minimum Gasteiger partial charge on any atom is -0.379 e. The Morgan fingerprint density at radius 1 is 1.40 bits per heavy atom. The van der Waals surface area contributed by atoms with E-state index < -0.39 is 11.6 Å². The predicted octanol–water partition coefficient (Wildman–Crippen LogP) is 2.75. The van der Waals surface area contributed by atoms with Crippen LogP contribution in [0.25, 0.3) is 0 Å². The Bertz CT molecular complexity index is 484. The van der Waals surface area contributed by atoms with E-state index in [0.717, 1.165) is 18.2 Å². The predicted molar refractivity (Wildman–Crippen MR) is 76.7 cm³/mol. The summed E-state index contributed by atoms with van der Waals surface area (Å²) in [6.45, 7) is 6.39. The Hall–Kier alpha value is -1.69. The van der Waals surface area contributed by atoms with Crippen molar-refractivity contribution < 1.29 is 13.5 Å². The van der Waals surface area contributed by atoms with Gasteiger partial charge in [0.2, 0.25) is 0 Å². The van der Waals surface area contributed by atoms with E-state index in [1.807, 2.05) is 20.8 Å². The maximum Gasteiger partial charge on any atom is 0.193 e. The molecule has 0 fully saturated rings. The van der Waals surface area contributed by atoms with Crippen LogP contribution in [0.3, 0.4) is 0 Å². The molecule has 1 unspecified atom stereocenters. The monoisotopic (exact) mass is 285 g/mol. The molecule has 0 radical (unpaired) electrons. The second kappa shape index (κ2) is 6.65. The van der Waals surface area contributed by atoms with Gasteiger partial charge in [-0.2, -0.15) is 0 Å². The van der Waals surface area contributed by atoms with Gasteiger partial charge in [0.05, 0.1) is 18.3 Å². The molecule has 1 rings (SSSR count). The van der Waals surface area contributed by atoms with Gasteiger partial charge in [-0.25, -0.2) is 8.78 Å². The molecule has 0 aliphatic carbocycles. The van der Waals surface area contributed by atoms with Gasteiger partial charge >= 0.3 is 0 Å². The van der Waals surface area contributed by atoms with Crippen LogP contribution in [-0.4, -0.2) is 25.7 Å². The minimum absolute atomic E-state index is 0.0146. The lowest BCUT2D eigenvalue weighted by atomic mass is 9.89. The molecule has 0 bridgehead atoms. The van der Waals surface area contributed by atoms with E-state index in [9.17, 15) is 8.78 Å². The third-order valence-corrected chi connectivity index (χ3v) is 2.87. The van der Waals surface area contributed by atoms with E-state index in [-0.39, 0.29) is 23.2 Å². The smallest absolute Gasteiger partial charge is 0.193 e. The van der Waals surface area contributed by atoms with Gasteiger partial charge < -0.3 is 15.8 Å². The number of ether oxygens (including phenoxy) is 1. The fourth-order valence-electron chi connectivity index (χ4n) is 1.65. The van der Waals surface area contributed by atoms with Gasteiger partial charge in [-0.05, 0) is 17.5 Å². The number of hydrogen-bond acceptors (Lipinski definition) is 2. The van der Waals surface area contributed by atoms with Crippen molar-refractivity contribution in [3.05, 3.63) is 29.8 Å². The zero-order chi connectivity index (χ0) is 15.3. The Morgan fingerprint density at radius 2 is 2.05 bits per heavy atom. The lowest BCUT2D eigenvalue weighted by Crippen LogP contribution is -2.33. The molecule has 1 aromatic rings. The zero-order valence-electron chi connectivity index (χ0n) is 12.2. The molecule has 0 aliphatic rings. The number of methoxy groups -OCH3 is 1. The molecule has 6 heteroatoms. The van der Waals surface area contributed by atoms with E-state index in [0.29, 0.717) is 6.54 Å². The number of nitrogens with two attached hydrogens (primary N) is 1. The van der Waals surface area contributed by atoms with Gasteiger partial charge in [0.25, 0.3) is 0 Å². The van der Waals surface area contributed by atoms with Crippen LogP contribution in [0.15, 0.2) is 23.2 Å². The van der Waals surface area contributed by atoms with Crippen LogP contribution in [0, 0.1) is 17.0 Å². The first-order valence-corrected chi connectivity index (χ1v) is 6.29.